The molecule has 2 heterocycles. The number of nitrogens with zero attached hydrogens (tertiary/aromatic N) is 2. The zero-order valence-corrected chi connectivity index (χ0v) is 12.9. The van der Waals surface area contributed by atoms with Crippen LogP contribution in [0, 0.1) is 0 Å². The van der Waals surface area contributed by atoms with Crippen LogP contribution in [0.1, 0.15) is 5.56 Å². The maximum atomic E-state index is 11.9. The average molecular weight is 323 g/mol. The molecule has 1 atom stereocenters. The number of morpholine rings is 1. The molecule has 1 unspecified atom stereocenters. The maximum absolute atomic E-state index is 11.9. The smallest absolute Gasteiger partial charge is 0.250 e. The van der Waals surface area contributed by atoms with Crippen molar-refractivity contribution in [3.05, 3.63) is 48.3 Å². The van der Waals surface area contributed by atoms with Crippen LogP contribution in [0.4, 0.5) is 0 Å². The molecule has 0 aliphatic carbocycles. The van der Waals surface area contributed by atoms with Gasteiger partial charge in [0.1, 0.15) is 6.10 Å². The second-order valence-corrected chi connectivity index (χ2v) is 4.91. The second kappa shape index (κ2) is 7.93. The first-order valence-electron chi connectivity index (χ1n) is 7.02. The number of benzene rings is 1. The van der Waals surface area contributed by atoms with E-state index in [1.807, 2.05) is 36.5 Å². The number of rotatable bonds is 4. The summed E-state index contributed by atoms with van der Waals surface area (Å²) < 4.78 is 7.20. The van der Waals surface area contributed by atoms with Crippen LogP contribution in [0.5, 0.6) is 0 Å². The minimum atomic E-state index is -0.400. The predicted molar refractivity (Wildman–Crippen MR) is 85.3 cm³/mol. The zero-order chi connectivity index (χ0) is 14.5. The van der Waals surface area contributed by atoms with E-state index in [0.29, 0.717) is 19.7 Å². The SMILES string of the molecule is Cl.O=C(NCc1cnn(-c2ccccc2)c1)C1CNCCO1. The van der Waals surface area contributed by atoms with Crippen LogP contribution in [-0.4, -0.2) is 41.5 Å². The number of amides is 1. The highest BCUT2D eigenvalue weighted by Gasteiger charge is 2.21. The quantitative estimate of drug-likeness (QED) is 0.877. The lowest BCUT2D eigenvalue weighted by Crippen LogP contribution is -2.47. The number of ether oxygens (including phenoxy) is 1. The summed E-state index contributed by atoms with van der Waals surface area (Å²) in [4.78, 5) is 11.9. The van der Waals surface area contributed by atoms with Gasteiger partial charge in [0, 0.05) is 31.4 Å². The van der Waals surface area contributed by atoms with E-state index in [2.05, 4.69) is 15.7 Å². The molecule has 0 bridgehead atoms. The molecule has 1 aliphatic heterocycles. The fourth-order valence-corrected chi connectivity index (χ4v) is 2.21. The number of hydrogen-bond donors (Lipinski definition) is 2. The lowest BCUT2D eigenvalue weighted by atomic mass is 10.2. The molecular weight excluding hydrogens is 304 g/mol. The van der Waals surface area contributed by atoms with Crippen LogP contribution in [-0.2, 0) is 16.1 Å². The van der Waals surface area contributed by atoms with E-state index in [1.54, 1.807) is 10.9 Å². The Balaban J connectivity index is 0.00000176. The Morgan fingerprint density at radius 1 is 1.41 bits per heavy atom. The molecule has 118 valence electrons. The van der Waals surface area contributed by atoms with Crippen LogP contribution in [0.3, 0.4) is 0 Å². The molecule has 22 heavy (non-hydrogen) atoms. The number of para-hydroxylation sites is 1. The molecule has 1 aromatic heterocycles. The molecule has 0 saturated carbocycles. The van der Waals surface area contributed by atoms with Crippen molar-refractivity contribution in [2.45, 2.75) is 12.6 Å². The number of aromatic nitrogens is 2. The van der Waals surface area contributed by atoms with E-state index >= 15 is 0 Å². The maximum Gasteiger partial charge on any atom is 0.250 e. The van der Waals surface area contributed by atoms with Gasteiger partial charge in [-0.2, -0.15) is 5.10 Å². The van der Waals surface area contributed by atoms with Crippen molar-refractivity contribution in [3.8, 4) is 5.69 Å². The molecule has 1 aliphatic rings. The van der Waals surface area contributed by atoms with E-state index in [9.17, 15) is 4.79 Å². The van der Waals surface area contributed by atoms with Crippen LogP contribution < -0.4 is 10.6 Å². The van der Waals surface area contributed by atoms with Crippen molar-refractivity contribution in [1.29, 1.82) is 0 Å². The number of nitrogens with one attached hydrogen (secondary N) is 2. The van der Waals surface area contributed by atoms with Crippen LogP contribution >= 0.6 is 12.4 Å². The minimum absolute atomic E-state index is 0. The van der Waals surface area contributed by atoms with Crippen LogP contribution in [0.15, 0.2) is 42.7 Å². The Hall–Kier alpha value is -1.89. The fraction of sp³-hybridized carbons (Fsp3) is 0.333. The van der Waals surface area contributed by atoms with Crippen LogP contribution in [0.25, 0.3) is 5.69 Å². The second-order valence-electron chi connectivity index (χ2n) is 4.91. The summed E-state index contributed by atoms with van der Waals surface area (Å²) in [6.45, 7) is 2.39. The molecule has 0 spiro atoms. The first-order chi connectivity index (χ1) is 10.3. The molecule has 1 saturated heterocycles. The molecular formula is C15H19ClN4O2. The highest BCUT2D eigenvalue weighted by atomic mass is 35.5. The van der Waals surface area contributed by atoms with Gasteiger partial charge < -0.3 is 15.4 Å². The fourth-order valence-electron chi connectivity index (χ4n) is 2.21. The van der Waals surface area contributed by atoms with Crippen molar-refractivity contribution in [1.82, 2.24) is 20.4 Å². The summed E-state index contributed by atoms with van der Waals surface area (Å²) in [5.74, 6) is -0.0883. The molecule has 6 nitrogen and oxygen atoms in total. The lowest BCUT2D eigenvalue weighted by molar-refractivity contribution is -0.134. The first-order valence-corrected chi connectivity index (χ1v) is 7.02. The Kier molecular flexibility index (Phi) is 5.94. The van der Waals surface area contributed by atoms with Gasteiger partial charge in [-0.25, -0.2) is 4.68 Å². The summed E-state index contributed by atoms with van der Waals surface area (Å²) in [7, 11) is 0. The highest BCUT2D eigenvalue weighted by Crippen LogP contribution is 2.07. The molecule has 7 heteroatoms. The summed E-state index contributed by atoms with van der Waals surface area (Å²) in [5, 5.41) is 10.3. The van der Waals surface area contributed by atoms with Gasteiger partial charge in [0.05, 0.1) is 18.5 Å². The van der Waals surface area contributed by atoms with Gasteiger partial charge in [-0.15, -0.1) is 12.4 Å². The number of hydrogen-bond acceptors (Lipinski definition) is 4. The predicted octanol–water partition coefficient (Wildman–Crippen LogP) is 0.899. The van der Waals surface area contributed by atoms with Crippen molar-refractivity contribution < 1.29 is 9.53 Å². The van der Waals surface area contributed by atoms with Gasteiger partial charge in [0.25, 0.3) is 5.91 Å². The minimum Gasteiger partial charge on any atom is -0.366 e. The molecule has 1 amide bonds. The van der Waals surface area contributed by atoms with Gasteiger partial charge >= 0.3 is 0 Å². The molecule has 0 radical (unpaired) electrons. The molecule has 1 fully saturated rings. The third-order valence-electron chi connectivity index (χ3n) is 3.34. The molecule has 1 aromatic carbocycles. The third-order valence-corrected chi connectivity index (χ3v) is 3.34. The van der Waals surface area contributed by atoms with Gasteiger partial charge in [-0.3, -0.25) is 4.79 Å². The largest absolute Gasteiger partial charge is 0.366 e. The van der Waals surface area contributed by atoms with Gasteiger partial charge in [-0.1, -0.05) is 18.2 Å². The molecule has 3 rings (SSSR count). The van der Waals surface area contributed by atoms with E-state index in [-0.39, 0.29) is 18.3 Å². The van der Waals surface area contributed by atoms with Crippen LogP contribution in [0.2, 0.25) is 0 Å². The Morgan fingerprint density at radius 2 is 2.23 bits per heavy atom. The molecule has 2 aromatic rings. The zero-order valence-electron chi connectivity index (χ0n) is 12.1. The summed E-state index contributed by atoms with van der Waals surface area (Å²) in [6, 6.07) is 9.86. The van der Waals surface area contributed by atoms with E-state index in [1.165, 1.54) is 0 Å². The van der Waals surface area contributed by atoms with Gasteiger partial charge in [-0.05, 0) is 12.1 Å². The summed E-state index contributed by atoms with van der Waals surface area (Å²) in [5.41, 5.74) is 1.95. The van der Waals surface area contributed by atoms with Crippen molar-refractivity contribution >= 4 is 18.3 Å². The van der Waals surface area contributed by atoms with Gasteiger partial charge in [0.15, 0.2) is 0 Å². The normalized spacial score (nSPS) is 17.5. The Morgan fingerprint density at radius 3 is 2.95 bits per heavy atom. The third kappa shape index (κ3) is 4.07. The Bertz CT molecular complexity index is 597. The number of carbonyl (C=O) groups is 1. The number of carbonyl (C=O) groups excluding carboxylic acids is 1. The summed E-state index contributed by atoms with van der Waals surface area (Å²) in [6.07, 6.45) is 3.27. The molecule has 2 N–H and O–H groups in total. The van der Waals surface area contributed by atoms with E-state index in [0.717, 1.165) is 17.8 Å². The van der Waals surface area contributed by atoms with Crippen molar-refractivity contribution in [2.75, 3.05) is 19.7 Å². The lowest BCUT2D eigenvalue weighted by Gasteiger charge is -2.22. The summed E-state index contributed by atoms with van der Waals surface area (Å²) >= 11 is 0. The van der Waals surface area contributed by atoms with Crippen molar-refractivity contribution in [3.63, 3.8) is 0 Å². The highest BCUT2D eigenvalue weighted by molar-refractivity contribution is 5.85. The average Bonchev–Trinajstić information content (AvgIpc) is 3.03. The van der Waals surface area contributed by atoms with Crippen molar-refractivity contribution in [2.24, 2.45) is 0 Å². The number of halogens is 1. The first kappa shape index (κ1) is 16.5. The van der Waals surface area contributed by atoms with Gasteiger partial charge in [0.2, 0.25) is 0 Å². The standard InChI is InChI=1S/C15H18N4O2.ClH/c20-15(14-10-16-6-7-21-14)17-8-12-9-18-19(11-12)13-4-2-1-3-5-13;/h1-5,9,11,14,16H,6-8,10H2,(H,17,20);1H. The topological polar surface area (TPSA) is 68.2 Å². The Labute approximate surface area is 135 Å². The monoisotopic (exact) mass is 322 g/mol. The van der Waals surface area contributed by atoms with E-state index < -0.39 is 6.10 Å². The van der Waals surface area contributed by atoms with E-state index in [4.69, 9.17) is 4.74 Å².